The number of thiophene rings is 1. The van der Waals surface area contributed by atoms with Gasteiger partial charge in [0.1, 0.15) is 0 Å². The minimum Gasteiger partial charge on any atom is -0.151 e. The molecular formula is C7H5ClS. The van der Waals surface area contributed by atoms with E-state index in [4.69, 9.17) is 11.6 Å². The third kappa shape index (κ3) is 2.09. The molecule has 0 N–H and O–H groups in total. The molecule has 0 aliphatic carbocycles. The first kappa shape index (κ1) is 6.67. The van der Waals surface area contributed by atoms with Gasteiger partial charge >= 0.3 is 0 Å². The van der Waals surface area contributed by atoms with Crippen LogP contribution >= 0.6 is 22.9 Å². The molecule has 0 radical (unpaired) electrons. The predicted molar refractivity (Wildman–Crippen MR) is 41.9 cm³/mol. The normalized spacial score (nSPS) is 8.11. The Morgan fingerprint density at radius 3 is 3.11 bits per heavy atom. The number of rotatable bonds is 0. The molecule has 1 heterocycles. The van der Waals surface area contributed by atoms with E-state index in [2.05, 4.69) is 11.8 Å². The van der Waals surface area contributed by atoms with Crippen molar-refractivity contribution in [1.82, 2.24) is 0 Å². The molecule has 0 spiro atoms. The monoisotopic (exact) mass is 156 g/mol. The molecule has 1 aromatic rings. The Bertz CT molecular complexity index is 215. The summed E-state index contributed by atoms with van der Waals surface area (Å²) in [4.78, 5) is 0. The van der Waals surface area contributed by atoms with Crippen LogP contribution in [-0.2, 0) is 0 Å². The summed E-state index contributed by atoms with van der Waals surface area (Å²) in [6, 6.07) is 1.98. The van der Waals surface area contributed by atoms with Crippen LogP contribution in [0.1, 0.15) is 5.56 Å². The van der Waals surface area contributed by atoms with Crippen LogP contribution in [0, 0.1) is 11.8 Å². The van der Waals surface area contributed by atoms with Crippen LogP contribution in [0.4, 0.5) is 0 Å². The minimum absolute atomic E-state index is 0.413. The van der Waals surface area contributed by atoms with Gasteiger partial charge in [-0.05, 0) is 11.4 Å². The van der Waals surface area contributed by atoms with E-state index >= 15 is 0 Å². The number of hydrogen-bond donors (Lipinski definition) is 0. The lowest BCUT2D eigenvalue weighted by Gasteiger charge is -1.71. The second-order valence-electron chi connectivity index (χ2n) is 1.45. The van der Waals surface area contributed by atoms with E-state index in [1.807, 2.05) is 16.8 Å². The summed E-state index contributed by atoms with van der Waals surface area (Å²) in [6.45, 7) is 0. The molecule has 0 nitrogen and oxygen atoms in total. The Balaban J connectivity index is 2.67. The maximum Gasteiger partial charge on any atom is 0.0839 e. The van der Waals surface area contributed by atoms with E-state index in [-0.39, 0.29) is 0 Å². The largest absolute Gasteiger partial charge is 0.151 e. The summed E-state index contributed by atoms with van der Waals surface area (Å²) in [5.74, 6) is 6.09. The van der Waals surface area contributed by atoms with Crippen LogP contribution in [0.2, 0.25) is 0 Å². The average molecular weight is 157 g/mol. The second-order valence-corrected chi connectivity index (χ2v) is 2.49. The van der Waals surface area contributed by atoms with Crippen LogP contribution in [0.15, 0.2) is 16.8 Å². The highest BCUT2D eigenvalue weighted by atomic mass is 35.5. The molecule has 0 unspecified atom stereocenters. The summed E-state index contributed by atoms with van der Waals surface area (Å²) in [7, 11) is 0. The number of alkyl halides is 1. The van der Waals surface area contributed by atoms with Crippen molar-refractivity contribution in [3.05, 3.63) is 22.4 Å². The van der Waals surface area contributed by atoms with Gasteiger partial charge in [0.25, 0.3) is 0 Å². The zero-order valence-corrected chi connectivity index (χ0v) is 6.30. The van der Waals surface area contributed by atoms with Gasteiger partial charge in [-0.15, -0.1) is 11.6 Å². The smallest absolute Gasteiger partial charge is 0.0839 e. The summed E-state index contributed by atoms with van der Waals surface area (Å²) in [5, 5.41) is 4.00. The van der Waals surface area contributed by atoms with Gasteiger partial charge in [0, 0.05) is 10.9 Å². The highest BCUT2D eigenvalue weighted by Gasteiger charge is 1.81. The fraction of sp³-hybridized carbons (Fsp3) is 0.143. The van der Waals surface area contributed by atoms with Crippen molar-refractivity contribution >= 4 is 22.9 Å². The second kappa shape index (κ2) is 3.55. The molecule has 1 rings (SSSR count). The lowest BCUT2D eigenvalue weighted by Crippen LogP contribution is -1.63. The van der Waals surface area contributed by atoms with Crippen LogP contribution < -0.4 is 0 Å². The summed E-state index contributed by atoms with van der Waals surface area (Å²) in [6.07, 6.45) is 0. The van der Waals surface area contributed by atoms with Gasteiger partial charge in [0.15, 0.2) is 0 Å². The summed E-state index contributed by atoms with van der Waals surface area (Å²) >= 11 is 6.99. The Morgan fingerprint density at radius 1 is 1.67 bits per heavy atom. The molecular weight excluding hydrogens is 152 g/mol. The Kier molecular flexibility index (Phi) is 2.63. The highest BCUT2D eigenvalue weighted by Crippen LogP contribution is 2.02. The first-order chi connectivity index (χ1) is 4.43. The van der Waals surface area contributed by atoms with Crippen LogP contribution in [0.5, 0.6) is 0 Å². The fourth-order valence-electron chi connectivity index (χ4n) is 0.471. The van der Waals surface area contributed by atoms with E-state index < -0.39 is 0 Å². The molecule has 0 atom stereocenters. The fourth-order valence-corrected chi connectivity index (χ4v) is 1.13. The van der Waals surface area contributed by atoms with Gasteiger partial charge in [-0.3, -0.25) is 0 Å². The van der Waals surface area contributed by atoms with E-state index in [1.54, 1.807) is 11.3 Å². The van der Waals surface area contributed by atoms with Gasteiger partial charge in [-0.2, -0.15) is 11.3 Å². The molecule has 1 aromatic heterocycles. The van der Waals surface area contributed by atoms with E-state index in [0.29, 0.717) is 5.88 Å². The molecule has 46 valence electrons. The standard InChI is InChI=1S/C7H5ClS/c8-4-1-2-7-3-5-9-6-7/h3,5-6H,4H2. The minimum atomic E-state index is 0.413. The van der Waals surface area contributed by atoms with Gasteiger partial charge in [-0.25, -0.2) is 0 Å². The lowest BCUT2D eigenvalue weighted by atomic mass is 10.3. The molecule has 0 aromatic carbocycles. The maximum atomic E-state index is 5.35. The molecule has 0 saturated carbocycles. The molecule has 9 heavy (non-hydrogen) atoms. The van der Waals surface area contributed by atoms with Gasteiger partial charge in [0.2, 0.25) is 0 Å². The quantitative estimate of drug-likeness (QED) is 0.400. The average Bonchev–Trinajstić information content (AvgIpc) is 2.34. The molecule has 0 fully saturated rings. The van der Waals surface area contributed by atoms with Gasteiger partial charge < -0.3 is 0 Å². The molecule has 2 heteroatoms. The van der Waals surface area contributed by atoms with Crippen molar-refractivity contribution in [3.63, 3.8) is 0 Å². The first-order valence-electron chi connectivity index (χ1n) is 2.50. The zero-order valence-electron chi connectivity index (χ0n) is 4.73. The highest BCUT2D eigenvalue weighted by molar-refractivity contribution is 7.08. The first-order valence-corrected chi connectivity index (χ1v) is 3.98. The molecule has 0 saturated heterocycles. The lowest BCUT2D eigenvalue weighted by molar-refractivity contribution is 1.82. The van der Waals surface area contributed by atoms with Crippen LogP contribution in [0.3, 0.4) is 0 Å². The zero-order chi connectivity index (χ0) is 6.53. The maximum absolute atomic E-state index is 5.35. The van der Waals surface area contributed by atoms with Crippen molar-refractivity contribution in [2.24, 2.45) is 0 Å². The Morgan fingerprint density at radius 2 is 2.56 bits per heavy atom. The van der Waals surface area contributed by atoms with Gasteiger partial charge in [-0.1, -0.05) is 11.8 Å². The van der Waals surface area contributed by atoms with Crippen molar-refractivity contribution in [2.75, 3.05) is 5.88 Å². The molecule has 0 aliphatic rings. The van der Waals surface area contributed by atoms with Crippen molar-refractivity contribution in [2.45, 2.75) is 0 Å². The summed E-state index contributed by atoms with van der Waals surface area (Å²) < 4.78 is 0. The Hall–Kier alpha value is -0.450. The van der Waals surface area contributed by atoms with E-state index in [0.717, 1.165) is 5.56 Å². The summed E-state index contributed by atoms with van der Waals surface area (Å²) in [5.41, 5.74) is 1.06. The molecule has 0 amide bonds. The SMILES string of the molecule is ClCC#Cc1ccsc1. The van der Waals surface area contributed by atoms with Gasteiger partial charge in [0.05, 0.1) is 5.88 Å². The van der Waals surface area contributed by atoms with Crippen molar-refractivity contribution < 1.29 is 0 Å². The van der Waals surface area contributed by atoms with E-state index in [1.165, 1.54) is 0 Å². The van der Waals surface area contributed by atoms with Crippen LogP contribution in [-0.4, -0.2) is 5.88 Å². The topological polar surface area (TPSA) is 0 Å². The third-order valence-corrected chi connectivity index (χ3v) is 1.64. The van der Waals surface area contributed by atoms with E-state index in [9.17, 15) is 0 Å². The molecule has 0 bridgehead atoms. The van der Waals surface area contributed by atoms with Crippen LogP contribution in [0.25, 0.3) is 0 Å². The molecule has 0 aliphatic heterocycles. The predicted octanol–water partition coefficient (Wildman–Crippen LogP) is 2.34. The number of halogens is 1. The van der Waals surface area contributed by atoms with Crippen molar-refractivity contribution in [1.29, 1.82) is 0 Å². The third-order valence-electron chi connectivity index (χ3n) is 0.821. The van der Waals surface area contributed by atoms with Crippen molar-refractivity contribution in [3.8, 4) is 11.8 Å². The Labute approximate surface area is 63.5 Å². The number of hydrogen-bond acceptors (Lipinski definition) is 1.